The van der Waals surface area contributed by atoms with Crippen LogP contribution in [-0.4, -0.2) is 0 Å². The summed E-state index contributed by atoms with van der Waals surface area (Å²) < 4.78 is 0. The maximum atomic E-state index is 2.40. The Kier molecular flexibility index (Phi) is 22.7. The van der Waals surface area contributed by atoms with E-state index in [2.05, 4.69) is 525 Å². The lowest BCUT2D eigenvalue weighted by atomic mass is 9.77. The van der Waals surface area contributed by atoms with Crippen molar-refractivity contribution in [2.75, 3.05) is 0 Å². The summed E-state index contributed by atoms with van der Waals surface area (Å²) in [6.07, 6.45) is 0. The molecule has 0 atom stereocenters. The van der Waals surface area contributed by atoms with E-state index in [9.17, 15) is 0 Å². The van der Waals surface area contributed by atoms with Crippen LogP contribution < -0.4 is 0 Å². The number of fused-ring (bicyclic) bond motifs is 18. The van der Waals surface area contributed by atoms with Gasteiger partial charge >= 0.3 is 0 Å². The minimum absolute atomic E-state index is 0.0448. The van der Waals surface area contributed by atoms with Gasteiger partial charge in [0.25, 0.3) is 0 Å². The van der Waals surface area contributed by atoms with Gasteiger partial charge in [-0.15, -0.1) is 0 Å². The molecule has 0 amide bonds. The van der Waals surface area contributed by atoms with E-state index in [1.165, 1.54) is 234 Å². The van der Waals surface area contributed by atoms with Crippen molar-refractivity contribution in [3.8, 4) is 134 Å². The number of hydrogen-bond donors (Lipinski definition) is 0. The topological polar surface area (TPSA) is 0 Å². The highest BCUT2D eigenvalue weighted by Gasteiger charge is 2.43. The third-order valence-electron chi connectivity index (χ3n) is 30.2. The summed E-state index contributed by atoms with van der Waals surface area (Å²) in [7, 11) is 0. The zero-order valence-corrected chi connectivity index (χ0v) is 80.1. The molecule has 24 rings (SSSR count). The summed E-state index contributed by atoms with van der Waals surface area (Å²) in [5.74, 6) is 0. The lowest BCUT2D eigenvalue weighted by Crippen LogP contribution is -2.16. The molecule has 6 aliphatic carbocycles. The second-order valence-corrected chi connectivity index (χ2v) is 40.4. The van der Waals surface area contributed by atoms with Crippen LogP contribution >= 0.6 is 0 Å². The molecule has 0 bridgehead atoms. The molecule has 0 fully saturated rings. The Labute approximate surface area is 785 Å². The molecular weight excluding hydrogens is 1590 g/mol. The first-order valence-electron chi connectivity index (χ1n) is 47.4. The van der Waals surface area contributed by atoms with Crippen LogP contribution in [0.25, 0.3) is 134 Å². The molecule has 0 aromatic heterocycles. The van der Waals surface area contributed by atoms with Gasteiger partial charge in [-0.05, 0) is 293 Å². The molecule has 0 spiro atoms. The predicted molar refractivity (Wildman–Crippen MR) is 565 cm³/mol. The van der Waals surface area contributed by atoms with Gasteiger partial charge in [0.15, 0.2) is 0 Å². The van der Waals surface area contributed by atoms with Crippen LogP contribution in [0.1, 0.15) is 183 Å². The van der Waals surface area contributed by atoms with E-state index >= 15 is 0 Å². The zero-order chi connectivity index (χ0) is 91.9. The van der Waals surface area contributed by atoms with Gasteiger partial charge in [-0.1, -0.05) is 465 Å². The van der Waals surface area contributed by atoms with Gasteiger partial charge in [0.05, 0.1) is 0 Å². The van der Waals surface area contributed by atoms with Crippen LogP contribution in [0.3, 0.4) is 0 Å². The number of rotatable bonds is 6. The molecule has 0 heteroatoms. The average molecular weight is 1710 g/mol. The summed E-state index contributed by atoms with van der Waals surface area (Å²) in [6.45, 7) is 41.5. The van der Waals surface area contributed by atoms with Crippen LogP contribution in [0.4, 0.5) is 0 Å². The SMILES string of the molecule is Cc1c(-c2ccccc2)ccc2c1-c1ccccc1C2(C)C.Cc1c(-c2ccccc2)ccc2c1C(C)(C)c1ccccc1-2.Cc1cc(-c2ccccc2)cc2c1-c1ccccc1C2(C)C.Cc1cc2c(cc1-c1ccccc1)-c1ccccc1C2(C)C.Cc1cc2c(cc1-c1ccccc1)C(C)(C)c1ccccc1-2.Cc1ccc2c(c1-c1ccccc1)C(C)(C)c1ccccc1-2. The van der Waals surface area contributed by atoms with E-state index in [1.807, 2.05) is 0 Å². The fourth-order valence-electron chi connectivity index (χ4n) is 23.3. The van der Waals surface area contributed by atoms with E-state index < -0.39 is 0 Å². The van der Waals surface area contributed by atoms with E-state index in [-0.39, 0.29) is 32.5 Å². The number of aryl methyl sites for hydroxylation is 4. The summed E-state index contributed by atoms with van der Waals surface area (Å²) in [5.41, 5.74) is 58.8. The highest BCUT2D eigenvalue weighted by molar-refractivity contribution is 5.94. The summed E-state index contributed by atoms with van der Waals surface area (Å²) >= 11 is 0. The second-order valence-electron chi connectivity index (χ2n) is 40.4. The highest BCUT2D eigenvalue weighted by Crippen LogP contribution is 2.58. The first-order chi connectivity index (χ1) is 63.6. The van der Waals surface area contributed by atoms with Crippen molar-refractivity contribution in [2.45, 2.75) is 157 Å². The molecule has 0 saturated carbocycles. The summed E-state index contributed by atoms with van der Waals surface area (Å²) in [6, 6.07) is 145. The van der Waals surface area contributed by atoms with Gasteiger partial charge < -0.3 is 0 Å². The number of benzene rings is 18. The molecule has 18 aromatic rings. The monoisotopic (exact) mass is 1700 g/mol. The van der Waals surface area contributed by atoms with Gasteiger partial charge in [0.2, 0.25) is 0 Å². The minimum Gasteiger partial charge on any atom is -0.0622 e. The third kappa shape index (κ3) is 15.1. The molecule has 648 valence electrons. The van der Waals surface area contributed by atoms with E-state index in [0.717, 1.165) is 0 Å². The van der Waals surface area contributed by atoms with Crippen molar-refractivity contribution < 1.29 is 0 Å². The van der Waals surface area contributed by atoms with Crippen molar-refractivity contribution in [1.82, 2.24) is 0 Å². The Morgan fingerprint density at radius 1 is 0.129 bits per heavy atom. The van der Waals surface area contributed by atoms with E-state index in [0.29, 0.717) is 0 Å². The van der Waals surface area contributed by atoms with Crippen LogP contribution in [0.2, 0.25) is 0 Å². The Morgan fingerprint density at radius 2 is 0.432 bits per heavy atom. The predicted octanol–water partition coefficient (Wildman–Crippen LogP) is 35.8. The second kappa shape index (κ2) is 34.4. The molecule has 0 nitrogen and oxygen atoms in total. The van der Waals surface area contributed by atoms with Crippen LogP contribution in [-0.2, 0) is 32.5 Å². The molecule has 18 aromatic carbocycles. The van der Waals surface area contributed by atoms with Crippen molar-refractivity contribution in [1.29, 1.82) is 0 Å². The van der Waals surface area contributed by atoms with Crippen LogP contribution in [0, 0.1) is 41.5 Å². The van der Waals surface area contributed by atoms with Gasteiger partial charge in [-0.25, -0.2) is 0 Å². The zero-order valence-electron chi connectivity index (χ0n) is 80.1. The summed E-state index contributed by atoms with van der Waals surface area (Å²) in [5, 5.41) is 0. The van der Waals surface area contributed by atoms with E-state index in [1.54, 1.807) is 0 Å². The molecule has 132 heavy (non-hydrogen) atoms. The van der Waals surface area contributed by atoms with Gasteiger partial charge in [-0.2, -0.15) is 0 Å². The molecule has 0 aliphatic heterocycles. The normalized spacial score (nSPS) is 14.5. The molecule has 0 heterocycles. The van der Waals surface area contributed by atoms with E-state index in [4.69, 9.17) is 0 Å². The maximum absolute atomic E-state index is 2.40. The molecule has 0 unspecified atom stereocenters. The van der Waals surface area contributed by atoms with Crippen molar-refractivity contribution >= 4 is 0 Å². The smallest absolute Gasteiger partial charge is 0.0165 e. The van der Waals surface area contributed by atoms with Crippen molar-refractivity contribution in [3.63, 3.8) is 0 Å². The van der Waals surface area contributed by atoms with Crippen molar-refractivity contribution in [2.24, 2.45) is 0 Å². The Morgan fingerprint density at radius 3 is 0.902 bits per heavy atom. The average Bonchev–Trinajstić information content (AvgIpc) is 1.59. The first kappa shape index (κ1) is 87.3. The van der Waals surface area contributed by atoms with Crippen LogP contribution in [0.15, 0.2) is 400 Å². The molecule has 0 N–H and O–H groups in total. The fraction of sp³-hybridized carbons (Fsp3) is 0.182. The minimum atomic E-state index is 0.0448. The fourth-order valence-corrected chi connectivity index (χ4v) is 23.3. The lowest BCUT2D eigenvalue weighted by molar-refractivity contribution is 0.656. The van der Waals surface area contributed by atoms with Gasteiger partial charge in [0.1, 0.15) is 0 Å². The standard InChI is InChI=1S/6C22H20/c1-15-13-17(16-9-5-4-6-10-16)14-20-21(15)18-11-7-8-12-19(18)22(20,2)3;1-15-13-21-19(14-18(15)16-9-5-4-6-10-16)17-11-7-8-12-20(17)22(21,2)3;1-15-13-19-17-11-7-8-12-20(17)22(2,3)21(19)14-18(15)16-9-5-4-6-10-16;1-15-17(16-9-5-4-6-10-16)13-14-19-18-11-7-8-12-20(18)22(2,3)21(15)19;1-15-17(16-9-5-4-6-10-16)13-14-20-21(15)18-11-7-8-12-19(18)22(20,2)3;1-15-13-14-18-17-11-7-8-12-19(17)22(2,3)21(18)20(15)16-9-5-4-6-10-16/h6*4-14H,1-3H3. The molecule has 0 saturated heterocycles. The molecular formula is C132H120. The Hall–Kier alpha value is -14.0. The Bertz CT molecular complexity index is 7330. The largest absolute Gasteiger partial charge is 0.0622 e. The summed E-state index contributed by atoms with van der Waals surface area (Å²) in [4.78, 5) is 0. The Balaban J connectivity index is 0.000000102. The first-order valence-corrected chi connectivity index (χ1v) is 47.4. The quantitative estimate of drug-likeness (QED) is 0.156. The maximum Gasteiger partial charge on any atom is 0.0165 e. The lowest BCUT2D eigenvalue weighted by Gasteiger charge is -2.25. The molecule has 0 radical (unpaired) electrons. The van der Waals surface area contributed by atoms with Crippen molar-refractivity contribution in [3.05, 3.63) is 501 Å². The van der Waals surface area contributed by atoms with Crippen LogP contribution in [0.5, 0.6) is 0 Å². The molecule has 6 aliphatic rings. The number of hydrogen-bond acceptors (Lipinski definition) is 0. The van der Waals surface area contributed by atoms with Gasteiger partial charge in [-0.3, -0.25) is 0 Å². The van der Waals surface area contributed by atoms with Gasteiger partial charge in [0, 0.05) is 32.5 Å². The highest BCUT2D eigenvalue weighted by atomic mass is 14.5. The third-order valence-corrected chi connectivity index (χ3v) is 30.2.